The summed E-state index contributed by atoms with van der Waals surface area (Å²) in [4.78, 5) is 11.6. The number of benzene rings is 1. The van der Waals surface area contributed by atoms with Crippen LogP contribution in [0.1, 0.15) is 26.3 Å². The molecule has 0 spiro atoms. The van der Waals surface area contributed by atoms with Gasteiger partial charge in [0.15, 0.2) is 11.5 Å². The molecule has 116 valence electrons. The first-order valence-electron chi connectivity index (χ1n) is 6.83. The van der Waals surface area contributed by atoms with E-state index in [1.807, 2.05) is 26.8 Å². The maximum Gasteiger partial charge on any atom is 0.316 e. The number of thioether (sulfide) groups is 1. The smallest absolute Gasteiger partial charge is 0.316 e. The van der Waals surface area contributed by atoms with Crippen LogP contribution in [0.5, 0.6) is 11.5 Å². The molecular weight excluding hydrogens is 290 g/mol. The monoisotopic (exact) mass is 311 g/mol. The third kappa shape index (κ3) is 4.74. The predicted molar refractivity (Wildman–Crippen MR) is 83.9 cm³/mol. The van der Waals surface area contributed by atoms with Gasteiger partial charge in [-0.2, -0.15) is 0 Å². The van der Waals surface area contributed by atoms with Gasteiger partial charge in [-0.15, -0.1) is 11.8 Å². The molecule has 0 saturated heterocycles. The zero-order valence-electron chi connectivity index (χ0n) is 12.6. The van der Waals surface area contributed by atoms with Crippen LogP contribution in [0.2, 0.25) is 0 Å². The standard InChI is InChI=1S/C15H21NO4S/c1-15(2,3)20-14(17)9-21-8-10-6-12-13(7-11(10)16)19-5-4-18-12/h6-7H,4-5,8-9,16H2,1-3H3. The maximum absolute atomic E-state index is 11.6. The lowest BCUT2D eigenvalue weighted by atomic mass is 10.2. The molecule has 0 atom stereocenters. The zero-order chi connectivity index (χ0) is 15.5. The van der Waals surface area contributed by atoms with Crippen LogP contribution in [0.15, 0.2) is 12.1 Å². The SMILES string of the molecule is CC(C)(C)OC(=O)CSCc1cc2c(cc1N)OCCO2. The zero-order valence-corrected chi connectivity index (χ0v) is 13.4. The molecule has 0 saturated carbocycles. The van der Waals surface area contributed by atoms with E-state index in [1.165, 1.54) is 11.8 Å². The normalized spacial score (nSPS) is 13.9. The largest absolute Gasteiger partial charge is 0.486 e. The number of carbonyl (C=O) groups excluding carboxylic acids is 1. The van der Waals surface area contributed by atoms with Crippen LogP contribution in [0.3, 0.4) is 0 Å². The van der Waals surface area contributed by atoms with E-state index in [4.69, 9.17) is 19.9 Å². The van der Waals surface area contributed by atoms with Crippen molar-refractivity contribution in [3.63, 3.8) is 0 Å². The van der Waals surface area contributed by atoms with Crippen molar-refractivity contribution in [2.75, 3.05) is 24.7 Å². The average Bonchev–Trinajstić information content (AvgIpc) is 2.37. The maximum atomic E-state index is 11.6. The van der Waals surface area contributed by atoms with Crippen LogP contribution in [-0.2, 0) is 15.3 Å². The number of rotatable bonds is 4. The molecule has 0 bridgehead atoms. The summed E-state index contributed by atoms with van der Waals surface area (Å²) in [5, 5.41) is 0. The van der Waals surface area contributed by atoms with Gasteiger partial charge in [0.05, 0.1) is 5.75 Å². The van der Waals surface area contributed by atoms with Gasteiger partial charge in [0.25, 0.3) is 0 Å². The Balaban J connectivity index is 1.90. The van der Waals surface area contributed by atoms with Crippen LogP contribution in [0.4, 0.5) is 5.69 Å². The van der Waals surface area contributed by atoms with Gasteiger partial charge in [-0.3, -0.25) is 4.79 Å². The van der Waals surface area contributed by atoms with Gasteiger partial charge in [-0.1, -0.05) is 0 Å². The second-order valence-electron chi connectivity index (χ2n) is 5.77. The summed E-state index contributed by atoms with van der Waals surface area (Å²) < 4.78 is 16.3. The first-order valence-corrected chi connectivity index (χ1v) is 7.98. The molecule has 1 aromatic rings. The molecule has 0 radical (unpaired) electrons. The second kappa shape index (κ2) is 6.47. The molecule has 1 aromatic carbocycles. The quantitative estimate of drug-likeness (QED) is 0.681. The van der Waals surface area contributed by atoms with Crippen LogP contribution in [0, 0.1) is 0 Å². The van der Waals surface area contributed by atoms with Crippen molar-refractivity contribution in [1.29, 1.82) is 0 Å². The Kier molecular flexibility index (Phi) is 4.88. The van der Waals surface area contributed by atoms with E-state index in [1.54, 1.807) is 6.07 Å². The molecule has 0 unspecified atom stereocenters. The minimum atomic E-state index is -0.451. The summed E-state index contributed by atoms with van der Waals surface area (Å²) in [6, 6.07) is 3.66. The van der Waals surface area contributed by atoms with Gasteiger partial charge < -0.3 is 19.9 Å². The number of nitrogens with two attached hydrogens (primary N) is 1. The molecule has 1 aliphatic heterocycles. The van der Waals surface area contributed by atoms with Crippen molar-refractivity contribution in [3.8, 4) is 11.5 Å². The lowest BCUT2D eigenvalue weighted by Gasteiger charge is -2.20. The molecule has 6 heteroatoms. The number of anilines is 1. The third-order valence-corrected chi connectivity index (χ3v) is 3.66. The molecule has 0 fully saturated rings. The van der Waals surface area contributed by atoms with Crippen LogP contribution >= 0.6 is 11.8 Å². The van der Waals surface area contributed by atoms with Gasteiger partial charge in [0.2, 0.25) is 0 Å². The molecule has 2 rings (SSSR count). The Hall–Kier alpha value is -1.56. The molecule has 1 heterocycles. The van der Waals surface area contributed by atoms with Crippen molar-refractivity contribution in [1.82, 2.24) is 0 Å². The van der Waals surface area contributed by atoms with E-state index in [0.29, 0.717) is 41.9 Å². The van der Waals surface area contributed by atoms with Gasteiger partial charge >= 0.3 is 5.97 Å². The highest BCUT2D eigenvalue weighted by Gasteiger charge is 2.17. The van der Waals surface area contributed by atoms with E-state index in [0.717, 1.165) is 5.56 Å². The summed E-state index contributed by atoms with van der Waals surface area (Å²) in [6.45, 7) is 6.65. The summed E-state index contributed by atoms with van der Waals surface area (Å²) >= 11 is 1.47. The van der Waals surface area contributed by atoms with Gasteiger partial charge in [-0.25, -0.2) is 0 Å². The first kappa shape index (κ1) is 15.8. The molecular formula is C15H21NO4S. The van der Waals surface area contributed by atoms with Gasteiger partial charge in [-0.05, 0) is 32.4 Å². The van der Waals surface area contributed by atoms with Crippen molar-refractivity contribution < 1.29 is 19.0 Å². The Labute approximate surface area is 129 Å². The van der Waals surface area contributed by atoms with Crippen LogP contribution < -0.4 is 15.2 Å². The van der Waals surface area contributed by atoms with Crippen molar-refractivity contribution in [3.05, 3.63) is 17.7 Å². The molecule has 5 nitrogen and oxygen atoms in total. The summed E-state index contributed by atoms with van der Waals surface area (Å²) in [6.07, 6.45) is 0. The predicted octanol–water partition coefficient (Wildman–Crippen LogP) is 2.61. The summed E-state index contributed by atoms with van der Waals surface area (Å²) in [5.41, 5.74) is 7.13. The fourth-order valence-electron chi connectivity index (χ4n) is 1.89. The third-order valence-electron chi connectivity index (χ3n) is 2.70. The van der Waals surface area contributed by atoms with Crippen molar-refractivity contribution >= 4 is 23.4 Å². The lowest BCUT2D eigenvalue weighted by Crippen LogP contribution is -2.25. The van der Waals surface area contributed by atoms with Gasteiger partial charge in [0.1, 0.15) is 18.8 Å². The summed E-state index contributed by atoms with van der Waals surface area (Å²) in [5.74, 6) is 2.10. The van der Waals surface area contributed by atoms with Crippen molar-refractivity contribution in [2.45, 2.75) is 32.1 Å². The number of hydrogen-bond donors (Lipinski definition) is 1. The highest BCUT2D eigenvalue weighted by Crippen LogP contribution is 2.35. The van der Waals surface area contributed by atoms with E-state index >= 15 is 0 Å². The number of carbonyl (C=O) groups is 1. The highest BCUT2D eigenvalue weighted by atomic mass is 32.2. The van der Waals surface area contributed by atoms with Crippen LogP contribution in [-0.4, -0.2) is 30.5 Å². The number of esters is 1. The van der Waals surface area contributed by atoms with E-state index in [2.05, 4.69) is 0 Å². The Bertz CT molecular complexity index is 525. The number of ether oxygens (including phenoxy) is 3. The van der Waals surface area contributed by atoms with Gasteiger partial charge in [0, 0.05) is 17.5 Å². The van der Waals surface area contributed by atoms with E-state index < -0.39 is 5.60 Å². The number of hydrogen-bond acceptors (Lipinski definition) is 6. The highest BCUT2D eigenvalue weighted by molar-refractivity contribution is 7.99. The van der Waals surface area contributed by atoms with E-state index in [9.17, 15) is 4.79 Å². The molecule has 0 aliphatic carbocycles. The fourth-order valence-corrected chi connectivity index (χ4v) is 2.68. The van der Waals surface area contributed by atoms with Crippen LogP contribution in [0.25, 0.3) is 0 Å². The van der Waals surface area contributed by atoms with E-state index in [-0.39, 0.29) is 5.97 Å². The summed E-state index contributed by atoms with van der Waals surface area (Å²) in [7, 11) is 0. The molecule has 1 aliphatic rings. The number of fused-ring (bicyclic) bond motifs is 1. The Morgan fingerprint density at radius 1 is 1.29 bits per heavy atom. The molecule has 0 aromatic heterocycles. The van der Waals surface area contributed by atoms with Crippen molar-refractivity contribution in [2.24, 2.45) is 0 Å². The Morgan fingerprint density at radius 2 is 1.90 bits per heavy atom. The molecule has 21 heavy (non-hydrogen) atoms. The minimum absolute atomic E-state index is 0.219. The Morgan fingerprint density at radius 3 is 2.52 bits per heavy atom. The first-order chi connectivity index (χ1) is 9.85. The minimum Gasteiger partial charge on any atom is -0.486 e. The average molecular weight is 311 g/mol. The molecule has 2 N–H and O–H groups in total. The lowest BCUT2D eigenvalue weighted by molar-refractivity contribution is -0.151. The fraction of sp³-hybridized carbons (Fsp3) is 0.533. The molecule has 0 amide bonds. The topological polar surface area (TPSA) is 70.8 Å². The number of nitrogen functional groups attached to an aromatic ring is 1. The second-order valence-corrected chi connectivity index (χ2v) is 6.76.